The summed E-state index contributed by atoms with van der Waals surface area (Å²) in [5, 5.41) is 7.14. The van der Waals surface area contributed by atoms with Crippen LogP contribution in [-0.2, 0) is 11.3 Å². The van der Waals surface area contributed by atoms with E-state index in [1.54, 1.807) is 9.58 Å². The molecular formula is C17H29N7O2. The van der Waals surface area contributed by atoms with Crippen molar-refractivity contribution in [2.45, 2.75) is 39.3 Å². The first-order valence-corrected chi connectivity index (χ1v) is 9.51. The second-order valence-electron chi connectivity index (χ2n) is 6.96. The molecule has 0 radical (unpaired) electrons. The maximum atomic E-state index is 12.5. The third kappa shape index (κ3) is 4.32. The number of nitrogens with one attached hydrogen (secondary N) is 1. The molecule has 2 saturated heterocycles. The van der Waals surface area contributed by atoms with Crippen molar-refractivity contribution in [3.63, 3.8) is 0 Å². The Morgan fingerprint density at radius 2 is 1.81 bits per heavy atom. The molecule has 3 rings (SSSR count). The van der Waals surface area contributed by atoms with E-state index in [9.17, 15) is 9.59 Å². The van der Waals surface area contributed by atoms with Crippen LogP contribution in [0.3, 0.4) is 0 Å². The van der Waals surface area contributed by atoms with E-state index in [4.69, 9.17) is 0 Å². The zero-order valence-electron chi connectivity index (χ0n) is 15.7. The standard InChI is InChI=1S/C17H29N7O2/c1-3-24-16(18-13-19-24)14(2)20-17(26)23-10-8-21(9-11-23)12-15(25)22-6-4-5-7-22/h13-14H,3-12H2,1-2H3,(H,20,26)/t14-/m1/s1. The molecule has 2 aliphatic heterocycles. The predicted molar refractivity (Wildman–Crippen MR) is 96.5 cm³/mol. The topological polar surface area (TPSA) is 86.6 Å². The number of rotatable bonds is 5. The number of aryl methyl sites for hydroxylation is 1. The Balaban J connectivity index is 1.44. The highest BCUT2D eigenvalue weighted by Crippen LogP contribution is 2.11. The van der Waals surface area contributed by atoms with Gasteiger partial charge in [-0.05, 0) is 26.7 Å². The average Bonchev–Trinajstić information content (AvgIpc) is 3.33. The van der Waals surface area contributed by atoms with Crippen molar-refractivity contribution in [1.82, 2.24) is 34.8 Å². The zero-order chi connectivity index (χ0) is 18.5. The molecule has 0 bridgehead atoms. The van der Waals surface area contributed by atoms with Gasteiger partial charge in [0.15, 0.2) is 0 Å². The van der Waals surface area contributed by atoms with Crippen LogP contribution in [-0.4, -0.2) is 87.2 Å². The molecule has 1 aromatic rings. The molecule has 0 aliphatic carbocycles. The van der Waals surface area contributed by atoms with E-state index in [0.717, 1.165) is 51.4 Å². The van der Waals surface area contributed by atoms with Crippen molar-refractivity contribution >= 4 is 11.9 Å². The number of carbonyl (C=O) groups is 2. The highest BCUT2D eigenvalue weighted by atomic mass is 16.2. The van der Waals surface area contributed by atoms with Gasteiger partial charge in [-0.25, -0.2) is 14.5 Å². The molecule has 1 N–H and O–H groups in total. The minimum Gasteiger partial charge on any atom is -0.342 e. The monoisotopic (exact) mass is 363 g/mol. The fourth-order valence-electron chi connectivity index (χ4n) is 3.56. The Labute approximate surface area is 154 Å². The summed E-state index contributed by atoms with van der Waals surface area (Å²) in [5.41, 5.74) is 0. The molecule has 0 spiro atoms. The average molecular weight is 363 g/mol. The number of hydrogen-bond donors (Lipinski definition) is 1. The second kappa shape index (κ2) is 8.48. The molecular weight excluding hydrogens is 334 g/mol. The van der Waals surface area contributed by atoms with Gasteiger partial charge in [0.05, 0.1) is 12.6 Å². The molecule has 0 saturated carbocycles. The van der Waals surface area contributed by atoms with Crippen molar-refractivity contribution in [3.05, 3.63) is 12.2 Å². The summed E-state index contributed by atoms with van der Waals surface area (Å²) >= 11 is 0. The SMILES string of the molecule is CCn1ncnc1[C@@H](C)NC(=O)N1CCN(CC(=O)N2CCCC2)CC1. The highest BCUT2D eigenvalue weighted by molar-refractivity contribution is 5.78. The molecule has 3 heterocycles. The summed E-state index contributed by atoms with van der Waals surface area (Å²) in [7, 11) is 0. The van der Waals surface area contributed by atoms with Gasteiger partial charge in [0, 0.05) is 45.8 Å². The molecule has 0 aromatic carbocycles. The lowest BCUT2D eigenvalue weighted by atomic mass is 10.3. The molecule has 3 amide bonds. The number of amides is 3. The van der Waals surface area contributed by atoms with Gasteiger partial charge >= 0.3 is 6.03 Å². The van der Waals surface area contributed by atoms with Crippen LogP contribution >= 0.6 is 0 Å². The van der Waals surface area contributed by atoms with Crippen molar-refractivity contribution in [1.29, 1.82) is 0 Å². The van der Waals surface area contributed by atoms with Crippen molar-refractivity contribution in [2.24, 2.45) is 0 Å². The van der Waals surface area contributed by atoms with E-state index in [1.807, 2.05) is 18.7 Å². The molecule has 144 valence electrons. The van der Waals surface area contributed by atoms with Crippen LogP contribution in [0.1, 0.15) is 38.6 Å². The lowest BCUT2D eigenvalue weighted by molar-refractivity contribution is -0.131. The van der Waals surface area contributed by atoms with E-state index in [-0.39, 0.29) is 18.0 Å². The van der Waals surface area contributed by atoms with E-state index < -0.39 is 0 Å². The lowest BCUT2D eigenvalue weighted by Crippen LogP contribution is -2.53. The number of urea groups is 1. The summed E-state index contributed by atoms with van der Waals surface area (Å²) in [4.78, 5) is 34.9. The Morgan fingerprint density at radius 3 is 2.46 bits per heavy atom. The first-order chi connectivity index (χ1) is 12.6. The summed E-state index contributed by atoms with van der Waals surface area (Å²) in [5.74, 6) is 0.976. The summed E-state index contributed by atoms with van der Waals surface area (Å²) < 4.78 is 1.78. The molecule has 9 nitrogen and oxygen atoms in total. The quantitative estimate of drug-likeness (QED) is 0.814. The van der Waals surface area contributed by atoms with Crippen molar-refractivity contribution in [2.75, 3.05) is 45.8 Å². The first kappa shape index (κ1) is 18.6. The van der Waals surface area contributed by atoms with Gasteiger partial charge in [0.1, 0.15) is 12.2 Å². The van der Waals surface area contributed by atoms with Crippen LogP contribution in [0.2, 0.25) is 0 Å². The molecule has 2 aliphatic rings. The van der Waals surface area contributed by atoms with Crippen LogP contribution in [0, 0.1) is 0 Å². The lowest BCUT2D eigenvalue weighted by Gasteiger charge is -2.35. The van der Waals surface area contributed by atoms with E-state index in [2.05, 4.69) is 20.3 Å². The number of piperazine rings is 1. The predicted octanol–water partition coefficient (Wildman–Crippen LogP) is 0.309. The normalized spacial score (nSPS) is 19.6. The van der Waals surface area contributed by atoms with E-state index >= 15 is 0 Å². The summed E-state index contributed by atoms with van der Waals surface area (Å²) in [6, 6.07) is -0.284. The Kier molecular flexibility index (Phi) is 6.08. The Morgan fingerprint density at radius 1 is 1.12 bits per heavy atom. The minimum absolute atomic E-state index is 0.0892. The van der Waals surface area contributed by atoms with Crippen molar-refractivity contribution in [3.8, 4) is 0 Å². The second-order valence-corrected chi connectivity index (χ2v) is 6.96. The highest BCUT2D eigenvalue weighted by Gasteiger charge is 2.26. The Bertz CT molecular complexity index is 618. The van der Waals surface area contributed by atoms with Gasteiger partial charge in [0.25, 0.3) is 0 Å². The number of nitrogens with zero attached hydrogens (tertiary/aromatic N) is 6. The first-order valence-electron chi connectivity index (χ1n) is 9.51. The molecule has 1 atom stereocenters. The maximum Gasteiger partial charge on any atom is 0.318 e. The van der Waals surface area contributed by atoms with Gasteiger partial charge in [-0.2, -0.15) is 5.10 Å². The van der Waals surface area contributed by atoms with Crippen LogP contribution in [0.4, 0.5) is 4.79 Å². The zero-order valence-corrected chi connectivity index (χ0v) is 15.7. The minimum atomic E-state index is -0.195. The third-order valence-corrected chi connectivity index (χ3v) is 5.15. The molecule has 2 fully saturated rings. The maximum absolute atomic E-state index is 12.5. The number of hydrogen-bond acceptors (Lipinski definition) is 5. The number of carbonyl (C=O) groups excluding carboxylic acids is 2. The van der Waals surface area contributed by atoms with Gasteiger partial charge in [-0.1, -0.05) is 0 Å². The third-order valence-electron chi connectivity index (χ3n) is 5.15. The van der Waals surface area contributed by atoms with Gasteiger partial charge in [0.2, 0.25) is 5.91 Å². The van der Waals surface area contributed by atoms with Crippen LogP contribution in [0.25, 0.3) is 0 Å². The summed E-state index contributed by atoms with van der Waals surface area (Å²) in [6.45, 7) is 9.60. The van der Waals surface area contributed by atoms with Gasteiger partial charge in [-0.15, -0.1) is 0 Å². The Hall–Kier alpha value is -2.16. The van der Waals surface area contributed by atoms with E-state index in [0.29, 0.717) is 19.6 Å². The molecule has 1 aromatic heterocycles. The smallest absolute Gasteiger partial charge is 0.318 e. The summed E-state index contributed by atoms with van der Waals surface area (Å²) in [6.07, 6.45) is 3.74. The number of likely N-dealkylation sites (tertiary alicyclic amines) is 1. The largest absolute Gasteiger partial charge is 0.342 e. The van der Waals surface area contributed by atoms with Crippen LogP contribution in [0.15, 0.2) is 6.33 Å². The molecule has 0 unspecified atom stereocenters. The van der Waals surface area contributed by atoms with Gasteiger partial charge < -0.3 is 15.1 Å². The fourth-order valence-corrected chi connectivity index (χ4v) is 3.56. The van der Waals surface area contributed by atoms with Crippen molar-refractivity contribution < 1.29 is 9.59 Å². The van der Waals surface area contributed by atoms with Gasteiger partial charge in [-0.3, -0.25) is 9.69 Å². The van der Waals surface area contributed by atoms with E-state index in [1.165, 1.54) is 6.33 Å². The molecule has 9 heteroatoms. The number of aromatic nitrogens is 3. The van der Waals surface area contributed by atoms with Crippen LogP contribution < -0.4 is 5.32 Å². The van der Waals surface area contributed by atoms with Crippen LogP contribution in [0.5, 0.6) is 0 Å². The fraction of sp³-hybridized carbons (Fsp3) is 0.765. The molecule has 26 heavy (non-hydrogen) atoms.